The monoisotopic (exact) mass is 372 g/mol. The fraction of sp³-hybridized carbons (Fsp3) is 0.167. The van der Waals surface area contributed by atoms with Crippen LogP contribution in [0.15, 0.2) is 50.7 Å². The van der Waals surface area contributed by atoms with Crippen molar-refractivity contribution in [3.63, 3.8) is 0 Å². The van der Waals surface area contributed by atoms with E-state index in [2.05, 4.69) is 10.3 Å². The quantitative estimate of drug-likeness (QED) is 0.696. The van der Waals surface area contributed by atoms with Crippen LogP contribution >= 0.6 is 11.8 Å². The van der Waals surface area contributed by atoms with E-state index < -0.39 is 12.0 Å². The molecule has 2 aromatic rings. The predicted molar refractivity (Wildman–Crippen MR) is 97.7 cm³/mol. The van der Waals surface area contributed by atoms with E-state index in [0.717, 1.165) is 23.9 Å². The Balaban J connectivity index is 1.83. The fourth-order valence-electron chi connectivity index (χ4n) is 2.33. The number of carbonyl (C=O) groups is 2. The summed E-state index contributed by atoms with van der Waals surface area (Å²) < 4.78 is 5.55. The van der Waals surface area contributed by atoms with Crippen LogP contribution in [0.2, 0.25) is 0 Å². The Hall–Kier alpha value is -3.00. The molecule has 2 heterocycles. The lowest BCUT2D eigenvalue weighted by molar-refractivity contribution is -0.138. The molecule has 26 heavy (non-hydrogen) atoms. The van der Waals surface area contributed by atoms with Crippen LogP contribution < -0.4 is 5.32 Å². The van der Waals surface area contributed by atoms with Gasteiger partial charge in [-0.05, 0) is 41.6 Å². The molecule has 1 aliphatic heterocycles. The van der Waals surface area contributed by atoms with Gasteiger partial charge in [-0.2, -0.15) is 0 Å². The van der Waals surface area contributed by atoms with Gasteiger partial charge in [0.15, 0.2) is 11.2 Å². The number of hydrogen-bond acceptors (Lipinski definition) is 6. The number of phenolic OH excluding ortho intramolecular Hbond substituents is 1. The lowest BCUT2D eigenvalue weighted by atomic mass is 10.1. The molecule has 0 spiro atoms. The molecule has 0 bridgehead atoms. The third kappa shape index (κ3) is 3.97. The highest BCUT2D eigenvalue weighted by atomic mass is 32.2. The standard InChI is InChI=1S/C18H16N2O5S/c1-2-12-7-8-13(25-12)9-14-16(22)20-18(26-14)19-15(17(23)24)10-3-5-11(21)6-4-10/h3-9,15,21H,2H2,1H3,(H,23,24)(H,19,20,22)/b14-9-/t15-/m0/s1. The number of furan rings is 1. The van der Waals surface area contributed by atoms with Crippen molar-refractivity contribution in [1.29, 1.82) is 0 Å². The molecule has 1 saturated heterocycles. The number of aliphatic imine (C=N–C) groups is 1. The highest BCUT2D eigenvalue weighted by molar-refractivity contribution is 8.18. The summed E-state index contributed by atoms with van der Waals surface area (Å²) in [7, 11) is 0. The SMILES string of the molecule is CCc1ccc(/C=C2\SC(=N[C@H](C(=O)O)c3ccc(O)cc3)NC2=O)o1. The van der Waals surface area contributed by atoms with Crippen molar-refractivity contribution in [3.05, 3.63) is 58.4 Å². The van der Waals surface area contributed by atoms with Gasteiger partial charge in [-0.1, -0.05) is 19.1 Å². The topological polar surface area (TPSA) is 112 Å². The van der Waals surface area contributed by atoms with Gasteiger partial charge in [-0.15, -0.1) is 0 Å². The van der Waals surface area contributed by atoms with Crippen molar-refractivity contribution in [2.24, 2.45) is 4.99 Å². The number of carboxylic acids is 1. The zero-order chi connectivity index (χ0) is 18.7. The fourth-order valence-corrected chi connectivity index (χ4v) is 3.15. The van der Waals surface area contributed by atoms with Crippen LogP contribution in [0.1, 0.15) is 30.0 Å². The summed E-state index contributed by atoms with van der Waals surface area (Å²) in [6, 6.07) is 8.15. The predicted octanol–water partition coefficient (Wildman–Crippen LogP) is 2.93. The second-order valence-electron chi connectivity index (χ2n) is 5.49. The van der Waals surface area contributed by atoms with Crippen molar-refractivity contribution in [1.82, 2.24) is 5.32 Å². The summed E-state index contributed by atoms with van der Waals surface area (Å²) in [5, 5.41) is 21.5. The molecule has 0 saturated carbocycles. The Morgan fingerprint density at radius 3 is 2.65 bits per heavy atom. The van der Waals surface area contributed by atoms with Crippen LogP contribution in [-0.4, -0.2) is 27.3 Å². The second-order valence-corrected chi connectivity index (χ2v) is 6.52. The third-order valence-electron chi connectivity index (χ3n) is 3.64. The molecule has 1 aliphatic rings. The molecule has 1 fully saturated rings. The van der Waals surface area contributed by atoms with E-state index in [1.165, 1.54) is 24.3 Å². The summed E-state index contributed by atoms with van der Waals surface area (Å²) >= 11 is 1.05. The van der Waals surface area contributed by atoms with Gasteiger partial charge < -0.3 is 19.9 Å². The van der Waals surface area contributed by atoms with Crippen LogP contribution in [0.4, 0.5) is 0 Å². The van der Waals surface area contributed by atoms with E-state index in [1.807, 2.05) is 13.0 Å². The first kappa shape index (κ1) is 17.8. The van der Waals surface area contributed by atoms with Gasteiger partial charge in [0.1, 0.15) is 17.3 Å². The van der Waals surface area contributed by atoms with Gasteiger partial charge in [0.2, 0.25) is 0 Å². The van der Waals surface area contributed by atoms with Crippen LogP contribution in [0.3, 0.4) is 0 Å². The van der Waals surface area contributed by atoms with Gasteiger partial charge in [0.25, 0.3) is 5.91 Å². The van der Waals surface area contributed by atoms with E-state index >= 15 is 0 Å². The van der Waals surface area contributed by atoms with Gasteiger partial charge in [-0.25, -0.2) is 9.79 Å². The minimum Gasteiger partial charge on any atom is -0.508 e. The number of amidine groups is 1. The highest BCUT2D eigenvalue weighted by Gasteiger charge is 2.27. The summed E-state index contributed by atoms with van der Waals surface area (Å²) in [4.78, 5) is 28.1. The van der Waals surface area contributed by atoms with Crippen LogP contribution in [0.25, 0.3) is 6.08 Å². The number of aliphatic carboxylic acids is 1. The first-order chi connectivity index (χ1) is 12.5. The van der Waals surface area contributed by atoms with Crippen molar-refractivity contribution in [2.45, 2.75) is 19.4 Å². The van der Waals surface area contributed by atoms with Crippen molar-refractivity contribution in [2.75, 3.05) is 0 Å². The zero-order valence-electron chi connectivity index (χ0n) is 13.8. The Morgan fingerprint density at radius 2 is 2.04 bits per heavy atom. The first-order valence-electron chi connectivity index (χ1n) is 7.85. The Kier molecular flexibility index (Phi) is 5.13. The minimum atomic E-state index is -1.19. The molecule has 7 nitrogen and oxygen atoms in total. The van der Waals surface area contributed by atoms with Crippen LogP contribution in [-0.2, 0) is 16.0 Å². The second kappa shape index (κ2) is 7.49. The molecular formula is C18H16N2O5S. The molecule has 1 amide bonds. The summed E-state index contributed by atoms with van der Waals surface area (Å²) in [6.45, 7) is 1.97. The minimum absolute atomic E-state index is 0.0317. The molecule has 1 aromatic heterocycles. The van der Waals surface area contributed by atoms with E-state index in [4.69, 9.17) is 4.42 Å². The maximum absolute atomic E-state index is 12.1. The highest BCUT2D eigenvalue weighted by Crippen LogP contribution is 2.29. The number of aromatic hydroxyl groups is 1. The number of carbonyl (C=O) groups excluding carboxylic acids is 1. The smallest absolute Gasteiger partial charge is 0.333 e. The van der Waals surface area contributed by atoms with Crippen molar-refractivity contribution in [3.8, 4) is 5.75 Å². The van der Waals surface area contributed by atoms with Gasteiger partial charge in [0.05, 0.1) is 4.91 Å². The Labute approximate surface area is 153 Å². The summed E-state index contributed by atoms with van der Waals surface area (Å²) in [5.74, 6) is -0.127. The maximum Gasteiger partial charge on any atom is 0.333 e. The number of amides is 1. The van der Waals surface area contributed by atoms with Gasteiger partial charge >= 0.3 is 5.97 Å². The number of thioether (sulfide) groups is 1. The largest absolute Gasteiger partial charge is 0.508 e. The summed E-state index contributed by atoms with van der Waals surface area (Å²) in [5.41, 5.74) is 0.397. The Bertz CT molecular complexity index is 899. The van der Waals surface area contributed by atoms with E-state index in [0.29, 0.717) is 16.2 Å². The molecule has 1 atom stereocenters. The number of nitrogens with zero attached hydrogens (tertiary/aromatic N) is 1. The molecule has 3 rings (SSSR count). The van der Waals surface area contributed by atoms with Gasteiger partial charge in [-0.3, -0.25) is 4.79 Å². The number of phenols is 1. The maximum atomic E-state index is 12.1. The molecule has 134 valence electrons. The number of benzene rings is 1. The Morgan fingerprint density at radius 1 is 1.31 bits per heavy atom. The number of aryl methyl sites for hydroxylation is 1. The molecule has 8 heteroatoms. The van der Waals surface area contributed by atoms with Crippen molar-refractivity contribution < 1.29 is 24.2 Å². The molecule has 1 aromatic carbocycles. The molecule has 0 radical (unpaired) electrons. The van der Waals surface area contributed by atoms with E-state index in [9.17, 15) is 19.8 Å². The third-order valence-corrected chi connectivity index (χ3v) is 4.57. The average Bonchev–Trinajstić information content (AvgIpc) is 3.20. The normalized spacial score (nSPS) is 18.3. The van der Waals surface area contributed by atoms with Crippen molar-refractivity contribution >= 4 is 34.9 Å². The molecule has 0 unspecified atom stereocenters. The average molecular weight is 372 g/mol. The van der Waals surface area contributed by atoms with Crippen LogP contribution in [0.5, 0.6) is 5.75 Å². The zero-order valence-corrected chi connectivity index (χ0v) is 14.6. The molecule has 3 N–H and O–H groups in total. The number of carboxylic acid groups (broad SMARTS) is 1. The van der Waals surface area contributed by atoms with E-state index in [-0.39, 0.29) is 16.8 Å². The summed E-state index contributed by atoms with van der Waals surface area (Å²) in [6.07, 6.45) is 2.35. The van der Waals surface area contributed by atoms with Crippen LogP contribution in [0, 0.1) is 0 Å². The lowest BCUT2D eigenvalue weighted by Gasteiger charge is -2.08. The molecule has 0 aliphatic carbocycles. The van der Waals surface area contributed by atoms with Gasteiger partial charge in [0, 0.05) is 12.5 Å². The van der Waals surface area contributed by atoms with E-state index in [1.54, 1.807) is 12.1 Å². The number of rotatable bonds is 5. The molecular weight excluding hydrogens is 356 g/mol. The first-order valence-corrected chi connectivity index (χ1v) is 8.67. The lowest BCUT2D eigenvalue weighted by Crippen LogP contribution is -2.22. The number of nitrogens with one attached hydrogen (secondary N) is 1. The number of hydrogen-bond donors (Lipinski definition) is 3.